The highest BCUT2D eigenvalue weighted by molar-refractivity contribution is 5.98. The summed E-state index contributed by atoms with van der Waals surface area (Å²) in [7, 11) is 0. The maximum absolute atomic E-state index is 13.7. The summed E-state index contributed by atoms with van der Waals surface area (Å²) in [6, 6.07) is 8.34. The Bertz CT molecular complexity index is 1090. The van der Waals surface area contributed by atoms with Crippen LogP contribution in [0.4, 0.5) is 10.2 Å². The van der Waals surface area contributed by atoms with Crippen molar-refractivity contribution < 1.29 is 9.18 Å². The third-order valence-corrected chi connectivity index (χ3v) is 5.63. The highest BCUT2D eigenvalue weighted by Gasteiger charge is 2.28. The second kappa shape index (κ2) is 6.44. The molecule has 0 saturated carbocycles. The Hall–Kier alpha value is -3.22. The van der Waals surface area contributed by atoms with Crippen molar-refractivity contribution in [2.45, 2.75) is 32.2 Å². The van der Waals surface area contributed by atoms with Gasteiger partial charge in [-0.25, -0.2) is 9.37 Å². The van der Waals surface area contributed by atoms with Crippen LogP contribution in [-0.2, 0) is 25.8 Å². The van der Waals surface area contributed by atoms with Gasteiger partial charge in [-0.05, 0) is 43.0 Å². The van der Waals surface area contributed by atoms with Crippen molar-refractivity contribution in [2.75, 3.05) is 11.4 Å². The van der Waals surface area contributed by atoms with E-state index in [1.165, 1.54) is 12.1 Å². The number of aromatic amines is 1. The molecule has 0 spiro atoms. The minimum Gasteiger partial charge on any atom is -0.365 e. The molecule has 3 aromatic rings. The molecule has 6 nitrogen and oxygen atoms in total. The number of primary amides is 1. The number of nitrogens with zero attached hydrogens (tertiary/aromatic N) is 3. The molecule has 1 aliphatic heterocycles. The zero-order valence-electron chi connectivity index (χ0n) is 15.3. The van der Waals surface area contributed by atoms with Crippen molar-refractivity contribution in [3.8, 4) is 11.3 Å². The fourth-order valence-corrected chi connectivity index (χ4v) is 4.23. The Morgan fingerprint density at radius 2 is 2.11 bits per heavy atom. The number of anilines is 1. The van der Waals surface area contributed by atoms with Crippen LogP contribution in [0.1, 0.15) is 39.3 Å². The van der Waals surface area contributed by atoms with Crippen LogP contribution in [-0.4, -0.2) is 27.6 Å². The van der Waals surface area contributed by atoms with E-state index in [1.807, 2.05) is 12.1 Å². The van der Waals surface area contributed by atoms with Crippen molar-refractivity contribution in [3.63, 3.8) is 0 Å². The number of nitrogens with two attached hydrogens (primary N) is 1. The fraction of sp³-hybridized carbons (Fsp3) is 0.286. The number of carbonyl (C=O) groups excluding carboxylic acids is 1. The number of rotatable bonds is 3. The second-order valence-corrected chi connectivity index (χ2v) is 7.39. The highest BCUT2D eigenvalue weighted by Crippen LogP contribution is 2.33. The zero-order valence-corrected chi connectivity index (χ0v) is 15.3. The van der Waals surface area contributed by atoms with Gasteiger partial charge in [-0.3, -0.25) is 9.89 Å². The van der Waals surface area contributed by atoms with E-state index in [4.69, 9.17) is 10.7 Å². The number of benzene rings is 1. The van der Waals surface area contributed by atoms with Crippen molar-refractivity contribution in [1.29, 1.82) is 0 Å². The molecular formula is C21H20FN5O. The number of pyridine rings is 1. The highest BCUT2D eigenvalue weighted by atomic mass is 19.1. The van der Waals surface area contributed by atoms with Gasteiger partial charge >= 0.3 is 0 Å². The van der Waals surface area contributed by atoms with Crippen LogP contribution in [0.2, 0.25) is 0 Å². The van der Waals surface area contributed by atoms with Crippen LogP contribution in [0.3, 0.4) is 0 Å². The Morgan fingerprint density at radius 1 is 1.21 bits per heavy atom. The van der Waals surface area contributed by atoms with Crippen LogP contribution in [0.25, 0.3) is 11.3 Å². The van der Waals surface area contributed by atoms with Gasteiger partial charge in [0.05, 0.1) is 11.3 Å². The predicted molar refractivity (Wildman–Crippen MR) is 104 cm³/mol. The summed E-state index contributed by atoms with van der Waals surface area (Å²) in [5.41, 5.74) is 11.8. The van der Waals surface area contributed by atoms with Gasteiger partial charge in [-0.2, -0.15) is 5.10 Å². The summed E-state index contributed by atoms with van der Waals surface area (Å²) in [5, 5.41) is 7.51. The van der Waals surface area contributed by atoms with E-state index in [0.29, 0.717) is 24.5 Å². The average molecular weight is 377 g/mol. The van der Waals surface area contributed by atoms with E-state index >= 15 is 0 Å². The zero-order chi connectivity index (χ0) is 19.3. The first-order chi connectivity index (χ1) is 13.6. The van der Waals surface area contributed by atoms with E-state index in [-0.39, 0.29) is 5.82 Å². The van der Waals surface area contributed by atoms with E-state index in [0.717, 1.165) is 59.5 Å². The summed E-state index contributed by atoms with van der Waals surface area (Å²) in [4.78, 5) is 19.0. The minimum atomic E-state index is -0.458. The Labute approximate surface area is 161 Å². The lowest BCUT2D eigenvalue weighted by molar-refractivity contribution is 0.100. The molecular weight excluding hydrogens is 357 g/mol. The van der Waals surface area contributed by atoms with Gasteiger partial charge in [0, 0.05) is 42.0 Å². The molecule has 0 saturated heterocycles. The number of aromatic nitrogens is 3. The third kappa shape index (κ3) is 2.74. The molecule has 0 atom stereocenters. The van der Waals surface area contributed by atoms with E-state index in [9.17, 15) is 9.18 Å². The quantitative estimate of drug-likeness (QED) is 0.735. The summed E-state index contributed by atoms with van der Waals surface area (Å²) >= 11 is 0. The lowest BCUT2D eigenvalue weighted by Gasteiger charge is -2.30. The monoisotopic (exact) mass is 377 g/mol. The smallest absolute Gasteiger partial charge is 0.252 e. The van der Waals surface area contributed by atoms with Gasteiger partial charge in [0.1, 0.15) is 11.6 Å². The molecule has 0 unspecified atom stereocenters. The van der Waals surface area contributed by atoms with Crippen LogP contribution in [0.5, 0.6) is 0 Å². The van der Waals surface area contributed by atoms with E-state index < -0.39 is 5.91 Å². The number of aryl methyl sites for hydroxylation is 2. The fourth-order valence-electron chi connectivity index (χ4n) is 4.23. The third-order valence-electron chi connectivity index (χ3n) is 5.63. The maximum Gasteiger partial charge on any atom is 0.252 e. The summed E-state index contributed by atoms with van der Waals surface area (Å²) < 4.78 is 13.7. The van der Waals surface area contributed by atoms with Gasteiger partial charge in [-0.15, -0.1) is 0 Å². The minimum absolute atomic E-state index is 0.293. The number of amides is 1. The first kappa shape index (κ1) is 16.9. The van der Waals surface area contributed by atoms with Crippen LogP contribution >= 0.6 is 0 Å². The molecule has 7 heteroatoms. The van der Waals surface area contributed by atoms with E-state index in [1.54, 1.807) is 6.07 Å². The Kier molecular flexibility index (Phi) is 3.89. The number of H-pyrrole nitrogens is 1. The van der Waals surface area contributed by atoms with Gasteiger partial charge in [0.25, 0.3) is 5.91 Å². The topological polar surface area (TPSA) is 87.9 Å². The number of carbonyl (C=O) groups is 1. The SMILES string of the molecule is NC(=O)c1cc2c(nc1N1CCc3[nH]nc(-c4cccc(F)c4)c3C1)CCC2. The second-order valence-electron chi connectivity index (χ2n) is 7.39. The number of fused-ring (bicyclic) bond motifs is 2. The van der Waals surface area contributed by atoms with Crippen LogP contribution in [0, 0.1) is 5.82 Å². The van der Waals surface area contributed by atoms with Crippen molar-refractivity contribution in [2.24, 2.45) is 5.73 Å². The molecule has 28 heavy (non-hydrogen) atoms. The molecule has 5 rings (SSSR count). The molecule has 2 aromatic heterocycles. The van der Waals surface area contributed by atoms with Crippen molar-refractivity contribution in [3.05, 3.63) is 64.2 Å². The van der Waals surface area contributed by atoms with E-state index in [2.05, 4.69) is 15.1 Å². The molecule has 3 N–H and O–H groups in total. The number of hydrogen-bond donors (Lipinski definition) is 2. The standard InChI is InChI=1S/C21H20FN5O/c22-14-5-1-4-13(9-14)19-16-11-27(8-7-18(16)25-26-19)21-15(20(23)28)10-12-3-2-6-17(12)24-21/h1,4-5,9-10H,2-3,6-8,11H2,(H2,23,28)(H,25,26). The molecule has 3 heterocycles. The maximum atomic E-state index is 13.7. The molecule has 2 aliphatic rings. The van der Waals surface area contributed by atoms with Crippen LogP contribution in [0.15, 0.2) is 30.3 Å². The summed E-state index contributed by atoms with van der Waals surface area (Å²) in [5.74, 6) is -0.107. The molecule has 1 aromatic carbocycles. The number of hydrogen-bond acceptors (Lipinski definition) is 4. The number of nitrogens with one attached hydrogen (secondary N) is 1. The lowest BCUT2D eigenvalue weighted by Crippen LogP contribution is -2.33. The molecule has 0 radical (unpaired) electrons. The number of halogens is 1. The average Bonchev–Trinajstić information content (AvgIpc) is 3.32. The van der Waals surface area contributed by atoms with Gasteiger partial charge in [0.2, 0.25) is 0 Å². The normalized spacial score (nSPS) is 15.4. The van der Waals surface area contributed by atoms with Crippen LogP contribution < -0.4 is 10.6 Å². The first-order valence-electron chi connectivity index (χ1n) is 9.50. The lowest BCUT2D eigenvalue weighted by atomic mass is 10.00. The Morgan fingerprint density at radius 3 is 2.93 bits per heavy atom. The molecule has 142 valence electrons. The van der Waals surface area contributed by atoms with Gasteiger partial charge in [0.15, 0.2) is 0 Å². The molecule has 1 aliphatic carbocycles. The van der Waals surface area contributed by atoms with Crippen molar-refractivity contribution in [1.82, 2.24) is 15.2 Å². The van der Waals surface area contributed by atoms with Crippen molar-refractivity contribution >= 4 is 11.7 Å². The predicted octanol–water partition coefficient (Wildman–Crippen LogP) is 2.76. The largest absolute Gasteiger partial charge is 0.365 e. The Balaban J connectivity index is 1.55. The molecule has 0 bridgehead atoms. The summed E-state index contributed by atoms with van der Waals surface area (Å²) in [6.45, 7) is 1.26. The molecule has 1 amide bonds. The first-order valence-corrected chi connectivity index (χ1v) is 9.50. The molecule has 0 fully saturated rings. The van der Waals surface area contributed by atoms with Gasteiger partial charge in [-0.1, -0.05) is 12.1 Å². The summed E-state index contributed by atoms with van der Waals surface area (Å²) in [6.07, 6.45) is 3.67. The van der Waals surface area contributed by atoms with Gasteiger partial charge < -0.3 is 10.6 Å².